The summed E-state index contributed by atoms with van der Waals surface area (Å²) in [5.74, 6) is 0. The van der Waals surface area contributed by atoms with E-state index in [4.69, 9.17) is 0 Å². The summed E-state index contributed by atoms with van der Waals surface area (Å²) in [6, 6.07) is 15.6. The minimum atomic E-state index is 0.256. The van der Waals surface area contributed by atoms with Crippen molar-refractivity contribution in [2.45, 2.75) is 33.2 Å². The van der Waals surface area contributed by atoms with Crippen molar-refractivity contribution in [1.82, 2.24) is 5.32 Å². The Morgan fingerprint density at radius 2 is 1.70 bits per heavy atom. The van der Waals surface area contributed by atoms with Crippen molar-refractivity contribution in [3.8, 4) is 0 Å². The van der Waals surface area contributed by atoms with Crippen molar-refractivity contribution >= 4 is 15.9 Å². The Labute approximate surface area is 130 Å². The highest BCUT2D eigenvalue weighted by Gasteiger charge is 2.14. The Hall–Kier alpha value is -1.12. The fourth-order valence-corrected chi connectivity index (χ4v) is 3.00. The van der Waals surface area contributed by atoms with E-state index in [1.807, 2.05) is 0 Å². The van der Waals surface area contributed by atoms with Crippen LogP contribution in [-0.2, 0) is 0 Å². The van der Waals surface area contributed by atoms with Gasteiger partial charge in [-0.1, -0.05) is 64.3 Å². The van der Waals surface area contributed by atoms with Gasteiger partial charge in [0.25, 0.3) is 0 Å². The molecule has 20 heavy (non-hydrogen) atoms. The van der Waals surface area contributed by atoms with Gasteiger partial charge in [0.05, 0.1) is 6.04 Å². The van der Waals surface area contributed by atoms with Crippen molar-refractivity contribution in [2.24, 2.45) is 0 Å². The van der Waals surface area contributed by atoms with E-state index in [1.165, 1.54) is 22.3 Å². The molecule has 0 bridgehead atoms. The van der Waals surface area contributed by atoms with E-state index in [0.717, 1.165) is 17.4 Å². The summed E-state index contributed by atoms with van der Waals surface area (Å²) < 4.78 is 1.13. The maximum absolute atomic E-state index is 3.66. The predicted octanol–water partition coefficient (Wildman–Crippen LogP) is 5.15. The molecule has 1 nitrogen and oxygen atoms in total. The van der Waals surface area contributed by atoms with Crippen LogP contribution in [0.3, 0.4) is 0 Å². The molecule has 0 aliphatic rings. The van der Waals surface area contributed by atoms with Gasteiger partial charge in [-0.05, 0) is 50.1 Å². The molecule has 0 fully saturated rings. The van der Waals surface area contributed by atoms with E-state index in [0.29, 0.717) is 0 Å². The van der Waals surface area contributed by atoms with E-state index in [1.54, 1.807) is 0 Å². The molecule has 0 saturated carbocycles. The molecule has 1 unspecified atom stereocenters. The molecule has 0 spiro atoms. The van der Waals surface area contributed by atoms with Crippen molar-refractivity contribution < 1.29 is 0 Å². The second-order valence-corrected chi connectivity index (χ2v) is 6.28. The monoisotopic (exact) mass is 331 g/mol. The molecule has 2 aromatic rings. The lowest BCUT2D eigenvalue weighted by molar-refractivity contribution is 0.598. The van der Waals surface area contributed by atoms with Gasteiger partial charge in [0.2, 0.25) is 0 Å². The molecule has 2 heteroatoms. The van der Waals surface area contributed by atoms with Gasteiger partial charge < -0.3 is 5.32 Å². The molecule has 0 radical (unpaired) electrons. The number of aryl methyl sites for hydroxylation is 2. The predicted molar refractivity (Wildman–Crippen MR) is 90.2 cm³/mol. The van der Waals surface area contributed by atoms with E-state index >= 15 is 0 Å². The normalized spacial score (nSPS) is 12.4. The Morgan fingerprint density at radius 3 is 2.30 bits per heavy atom. The molecule has 0 aliphatic heterocycles. The third-order valence-electron chi connectivity index (χ3n) is 3.36. The highest BCUT2D eigenvalue weighted by Crippen LogP contribution is 2.26. The number of benzene rings is 2. The molecule has 0 heterocycles. The highest BCUT2D eigenvalue weighted by molar-refractivity contribution is 9.10. The molecular formula is C18H22BrN. The number of rotatable bonds is 5. The van der Waals surface area contributed by atoms with E-state index < -0.39 is 0 Å². The fourth-order valence-electron chi connectivity index (χ4n) is 2.58. The van der Waals surface area contributed by atoms with Gasteiger partial charge in [0.15, 0.2) is 0 Å². The average Bonchev–Trinajstić information content (AvgIpc) is 2.38. The van der Waals surface area contributed by atoms with Crippen LogP contribution in [-0.4, -0.2) is 6.54 Å². The first kappa shape index (κ1) is 15.3. The van der Waals surface area contributed by atoms with Crippen LogP contribution < -0.4 is 5.32 Å². The zero-order valence-corrected chi connectivity index (χ0v) is 14.0. The summed E-state index contributed by atoms with van der Waals surface area (Å²) in [6.07, 6.45) is 1.13. The third-order valence-corrected chi connectivity index (χ3v) is 3.85. The molecule has 0 amide bonds. The van der Waals surface area contributed by atoms with Crippen LogP contribution in [0.15, 0.2) is 46.9 Å². The maximum atomic E-state index is 3.66. The molecule has 1 atom stereocenters. The van der Waals surface area contributed by atoms with Crippen LogP contribution in [0.4, 0.5) is 0 Å². The molecular weight excluding hydrogens is 310 g/mol. The molecule has 2 aromatic carbocycles. The van der Waals surface area contributed by atoms with Gasteiger partial charge in [-0.25, -0.2) is 0 Å². The number of nitrogens with one attached hydrogen (secondary N) is 1. The maximum Gasteiger partial charge on any atom is 0.0577 e. The second kappa shape index (κ2) is 7.05. The lowest BCUT2D eigenvalue weighted by Gasteiger charge is -2.21. The van der Waals surface area contributed by atoms with Crippen molar-refractivity contribution in [3.63, 3.8) is 0 Å². The van der Waals surface area contributed by atoms with Crippen LogP contribution in [0.25, 0.3) is 0 Å². The zero-order chi connectivity index (χ0) is 14.5. The van der Waals surface area contributed by atoms with Gasteiger partial charge in [-0.15, -0.1) is 0 Å². The Kier molecular flexibility index (Phi) is 5.38. The standard InChI is InChI=1S/C18H22BrN/c1-4-8-20-18(15-6-5-7-17(19)12-15)16-10-13(2)9-14(3)11-16/h5-7,9-12,18,20H,4,8H2,1-3H3. The summed E-state index contributed by atoms with van der Waals surface area (Å²) in [5, 5.41) is 3.66. The lowest BCUT2D eigenvalue weighted by Crippen LogP contribution is -2.23. The summed E-state index contributed by atoms with van der Waals surface area (Å²) in [6.45, 7) is 7.54. The quantitative estimate of drug-likeness (QED) is 0.798. The van der Waals surface area contributed by atoms with E-state index in [9.17, 15) is 0 Å². The van der Waals surface area contributed by atoms with Crippen LogP contribution in [0, 0.1) is 13.8 Å². The average molecular weight is 332 g/mol. The van der Waals surface area contributed by atoms with Crippen molar-refractivity contribution in [2.75, 3.05) is 6.54 Å². The number of halogens is 1. The topological polar surface area (TPSA) is 12.0 Å². The zero-order valence-electron chi connectivity index (χ0n) is 12.4. The lowest BCUT2D eigenvalue weighted by atomic mass is 9.95. The number of hydrogen-bond donors (Lipinski definition) is 1. The largest absolute Gasteiger partial charge is 0.306 e. The Balaban J connectivity index is 2.41. The second-order valence-electron chi connectivity index (χ2n) is 5.36. The van der Waals surface area contributed by atoms with Crippen molar-refractivity contribution in [3.05, 3.63) is 69.2 Å². The molecule has 106 valence electrons. The number of hydrogen-bond acceptors (Lipinski definition) is 1. The molecule has 0 saturated heterocycles. The smallest absolute Gasteiger partial charge is 0.0577 e. The third kappa shape index (κ3) is 3.94. The summed E-state index contributed by atoms with van der Waals surface area (Å²) in [4.78, 5) is 0. The van der Waals surface area contributed by atoms with Crippen LogP contribution in [0.1, 0.15) is 41.6 Å². The Bertz CT molecular complexity index is 557. The van der Waals surface area contributed by atoms with Gasteiger partial charge >= 0.3 is 0 Å². The van der Waals surface area contributed by atoms with Crippen LogP contribution in [0.5, 0.6) is 0 Å². The molecule has 1 N–H and O–H groups in total. The highest BCUT2D eigenvalue weighted by atomic mass is 79.9. The minimum absolute atomic E-state index is 0.256. The first-order chi connectivity index (χ1) is 9.60. The van der Waals surface area contributed by atoms with Crippen molar-refractivity contribution in [1.29, 1.82) is 0 Å². The summed E-state index contributed by atoms with van der Waals surface area (Å²) in [7, 11) is 0. The van der Waals surface area contributed by atoms with E-state index in [-0.39, 0.29) is 6.04 Å². The van der Waals surface area contributed by atoms with Gasteiger partial charge in [0, 0.05) is 4.47 Å². The van der Waals surface area contributed by atoms with Gasteiger partial charge in [-0.2, -0.15) is 0 Å². The molecule has 0 aliphatic carbocycles. The Morgan fingerprint density at radius 1 is 1.00 bits per heavy atom. The summed E-state index contributed by atoms with van der Waals surface area (Å²) in [5.41, 5.74) is 5.28. The molecule has 0 aromatic heterocycles. The van der Waals surface area contributed by atoms with E-state index in [2.05, 4.69) is 84.5 Å². The first-order valence-electron chi connectivity index (χ1n) is 7.17. The van der Waals surface area contributed by atoms with Gasteiger partial charge in [0.1, 0.15) is 0 Å². The minimum Gasteiger partial charge on any atom is -0.306 e. The SMILES string of the molecule is CCCNC(c1cc(C)cc(C)c1)c1cccc(Br)c1. The van der Waals surface area contributed by atoms with Gasteiger partial charge in [-0.3, -0.25) is 0 Å². The molecule has 2 rings (SSSR count). The summed E-state index contributed by atoms with van der Waals surface area (Å²) >= 11 is 3.57. The van der Waals surface area contributed by atoms with Crippen LogP contribution in [0.2, 0.25) is 0 Å². The van der Waals surface area contributed by atoms with Crippen LogP contribution >= 0.6 is 15.9 Å². The first-order valence-corrected chi connectivity index (χ1v) is 7.96. The fraction of sp³-hybridized carbons (Fsp3) is 0.333.